The molecule has 3 saturated heterocycles. The van der Waals surface area contributed by atoms with Crippen molar-refractivity contribution < 1.29 is 98.9 Å². The number of carboxylic acid groups (broad SMARTS) is 1. The lowest BCUT2D eigenvalue weighted by atomic mass is 9.72. The fourth-order valence-corrected chi connectivity index (χ4v) is 9.46. The van der Waals surface area contributed by atoms with Gasteiger partial charge in [-0.25, -0.2) is 0 Å². The van der Waals surface area contributed by atoms with Gasteiger partial charge in [-0.1, -0.05) is 12.2 Å². The minimum absolute atomic E-state index is 0.0237. The highest BCUT2D eigenvalue weighted by Gasteiger charge is 2.56. The van der Waals surface area contributed by atoms with Gasteiger partial charge >= 0.3 is 11.9 Å². The zero-order valence-electron chi connectivity index (χ0n) is 32.8. The Kier molecular flexibility index (Phi) is 16.5. The van der Waals surface area contributed by atoms with Crippen LogP contribution in [0.3, 0.4) is 0 Å². The topological polar surface area (TPSA) is 325 Å². The maximum Gasteiger partial charge on any atom is 0.317 e. The van der Waals surface area contributed by atoms with Crippen molar-refractivity contribution in [2.45, 2.75) is 181 Å². The van der Waals surface area contributed by atoms with E-state index < -0.39 is 135 Å². The SMILES string of the molecule is O=C(O)CC(=O)OC[C@H]1O[C@@H](OC2CC(O)CC3[OH+]C(C4CCC(O)C(O)C4)C(O[C@@H]4O[C@H](COCC=CC5CCC(O)CC5)[C@@H](O)[C@H](O)[C@H]4O)CC23)[C@H](O)[C@@H](O)[C@@H]1O. The second-order valence-corrected chi connectivity index (χ2v) is 17.1. The van der Waals surface area contributed by atoms with Crippen molar-refractivity contribution in [2.24, 2.45) is 17.8 Å². The van der Waals surface area contributed by atoms with Crippen LogP contribution in [0.4, 0.5) is 0 Å². The smallest absolute Gasteiger partial charge is 0.317 e. The number of hydrogen-bond acceptors (Lipinski definition) is 18. The number of hydrogen-bond donors (Lipinski definition) is 11. The second kappa shape index (κ2) is 20.9. The number of carbonyl (C=O) groups excluding carboxylic acids is 1. The van der Waals surface area contributed by atoms with E-state index in [9.17, 15) is 60.7 Å². The Morgan fingerprint density at radius 2 is 1.27 bits per heavy atom. The third-order valence-corrected chi connectivity index (χ3v) is 12.8. The third-order valence-electron chi connectivity index (χ3n) is 12.8. The highest BCUT2D eigenvalue weighted by Crippen LogP contribution is 2.44. The first kappa shape index (κ1) is 46.5. The minimum Gasteiger partial charge on any atom is -0.481 e. The molecule has 3 aliphatic heterocycles. The van der Waals surface area contributed by atoms with Gasteiger partial charge in [0.1, 0.15) is 68.0 Å². The van der Waals surface area contributed by atoms with Crippen molar-refractivity contribution in [2.75, 3.05) is 19.8 Å². The highest BCUT2D eigenvalue weighted by atomic mass is 16.7. The lowest BCUT2D eigenvalue weighted by molar-refractivity contribution is -0.367. The third kappa shape index (κ3) is 11.7. The van der Waals surface area contributed by atoms with Crippen LogP contribution in [-0.2, 0) is 38.0 Å². The average molecular weight is 852 g/mol. The molecule has 3 saturated carbocycles. The van der Waals surface area contributed by atoms with Gasteiger partial charge in [-0.2, -0.15) is 0 Å². The molecular formula is C39H63O20+. The van der Waals surface area contributed by atoms with Gasteiger partial charge in [0.15, 0.2) is 24.8 Å². The van der Waals surface area contributed by atoms with Gasteiger partial charge in [-0.3, -0.25) is 9.59 Å². The Labute approximate surface area is 341 Å². The number of carboxylic acids is 1. The molecule has 0 spiro atoms. The molecule has 19 atom stereocenters. The molecule has 0 amide bonds. The first-order valence-corrected chi connectivity index (χ1v) is 20.8. The lowest BCUT2D eigenvalue weighted by Crippen LogP contribution is -2.64. The molecule has 3 heterocycles. The number of rotatable bonds is 14. The molecule has 9 unspecified atom stereocenters. The normalized spacial score (nSPS) is 47.1. The standard InChI is InChI=1S/C39H62O20/c40-19-6-3-17(4-7-19)2-1-9-53-15-27-31(47)33(49)36(52)39(58-27)57-26-13-21-24(55-37(26)18-5-8-22(42)23(43)10-18)11-20(41)12-25(21)56-38-35(51)34(50)32(48)28(59-38)16-54-30(46)14-29(44)45/h1-2,17-28,31-43,47-52H,3-16H2,(H,44,45)/p+1/t17?,18?,19?,20?,21?,22?,23?,24?,25?,26?,27-,28-,31-,32-,33+,34+,35-,36-,37?,38-,39-/m1/s1. The van der Waals surface area contributed by atoms with E-state index in [1.165, 1.54) is 0 Å². The molecule has 59 heavy (non-hydrogen) atoms. The van der Waals surface area contributed by atoms with E-state index in [1.807, 2.05) is 12.2 Å². The van der Waals surface area contributed by atoms with Crippen LogP contribution in [0.15, 0.2) is 12.2 Å². The maximum atomic E-state index is 11.9. The molecule has 6 aliphatic rings. The number of aliphatic hydroxyl groups excluding tert-OH is 10. The number of aliphatic carboxylic acids is 1. The Balaban J connectivity index is 1.15. The number of esters is 1. The van der Waals surface area contributed by atoms with Crippen LogP contribution >= 0.6 is 0 Å². The van der Waals surface area contributed by atoms with Crippen LogP contribution in [0.2, 0.25) is 0 Å². The monoisotopic (exact) mass is 851 g/mol. The summed E-state index contributed by atoms with van der Waals surface area (Å²) in [4.78, 5) is 22.8. The molecule has 6 rings (SSSR count). The van der Waals surface area contributed by atoms with Gasteiger partial charge < -0.3 is 89.3 Å². The maximum absolute atomic E-state index is 11.9. The van der Waals surface area contributed by atoms with Crippen LogP contribution in [0, 0.1) is 17.8 Å². The summed E-state index contributed by atoms with van der Waals surface area (Å²) in [6.45, 7) is -0.617. The van der Waals surface area contributed by atoms with Crippen molar-refractivity contribution in [3.63, 3.8) is 0 Å². The summed E-state index contributed by atoms with van der Waals surface area (Å²) in [6, 6.07) is 0. The quantitative estimate of drug-likeness (QED) is 0.0265. The lowest BCUT2D eigenvalue weighted by Gasteiger charge is -2.50. The second-order valence-electron chi connectivity index (χ2n) is 17.1. The Morgan fingerprint density at radius 3 is 1.90 bits per heavy atom. The van der Waals surface area contributed by atoms with Crippen molar-refractivity contribution in [1.29, 1.82) is 0 Å². The van der Waals surface area contributed by atoms with Gasteiger partial charge in [0.05, 0.1) is 49.7 Å². The molecular weight excluding hydrogens is 788 g/mol. The minimum atomic E-state index is -1.82. The predicted molar refractivity (Wildman–Crippen MR) is 197 cm³/mol. The van der Waals surface area contributed by atoms with Crippen molar-refractivity contribution in [3.05, 3.63) is 12.2 Å². The van der Waals surface area contributed by atoms with Crippen molar-refractivity contribution in [3.8, 4) is 0 Å². The Hall–Kier alpha value is -1.96. The van der Waals surface area contributed by atoms with Crippen molar-refractivity contribution in [1.82, 2.24) is 0 Å². The first-order valence-electron chi connectivity index (χ1n) is 20.8. The molecule has 6 fully saturated rings. The number of fused-ring (bicyclic) bond motifs is 1. The summed E-state index contributed by atoms with van der Waals surface area (Å²) in [5.41, 5.74) is 0. The Bertz CT molecular complexity index is 1380. The molecule has 12 N–H and O–H groups in total. The Morgan fingerprint density at radius 1 is 0.644 bits per heavy atom. The summed E-state index contributed by atoms with van der Waals surface area (Å²) < 4.78 is 40.2. The van der Waals surface area contributed by atoms with E-state index in [4.69, 9.17) is 38.3 Å². The van der Waals surface area contributed by atoms with Gasteiger partial charge in [0.25, 0.3) is 0 Å². The van der Waals surface area contributed by atoms with E-state index >= 15 is 0 Å². The summed E-state index contributed by atoms with van der Waals surface area (Å²) in [7, 11) is 0. The first-order chi connectivity index (χ1) is 28.1. The van der Waals surface area contributed by atoms with Gasteiger partial charge in [-0.15, -0.1) is 0 Å². The summed E-state index contributed by atoms with van der Waals surface area (Å²) >= 11 is 0. The zero-order valence-corrected chi connectivity index (χ0v) is 32.8. The highest BCUT2D eigenvalue weighted by molar-refractivity contribution is 5.90. The number of aliphatic hydroxyl groups is 12. The molecule has 20 nitrogen and oxygen atoms in total. The fourth-order valence-electron chi connectivity index (χ4n) is 9.46. The van der Waals surface area contributed by atoms with E-state index in [2.05, 4.69) is 0 Å². The molecule has 0 bridgehead atoms. The number of allylic oxidation sites excluding steroid dienone is 1. The van der Waals surface area contributed by atoms with Gasteiger partial charge in [0.2, 0.25) is 0 Å². The van der Waals surface area contributed by atoms with Crippen LogP contribution in [0.5, 0.6) is 0 Å². The summed E-state index contributed by atoms with van der Waals surface area (Å²) in [5.74, 6) is -3.08. The summed E-state index contributed by atoms with van der Waals surface area (Å²) in [6.07, 6.45) is -14.5. The molecule has 0 radical (unpaired) electrons. The fraction of sp³-hybridized carbons (Fsp3) is 0.897. The molecule has 0 aromatic carbocycles. The van der Waals surface area contributed by atoms with Gasteiger partial charge in [0, 0.05) is 18.8 Å². The van der Waals surface area contributed by atoms with Gasteiger partial charge in [-0.05, 0) is 57.3 Å². The molecule has 0 aromatic heterocycles. The van der Waals surface area contributed by atoms with E-state index in [0.717, 1.165) is 25.7 Å². The predicted octanol–water partition coefficient (Wildman–Crippen LogP) is -3.52. The molecule has 20 heteroatoms. The van der Waals surface area contributed by atoms with E-state index in [0.29, 0.717) is 12.3 Å². The van der Waals surface area contributed by atoms with Crippen LogP contribution in [-0.4, -0.2) is 203 Å². The molecule has 3 aliphatic carbocycles. The number of carbonyl (C=O) groups is 2. The molecule has 0 aromatic rings. The largest absolute Gasteiger partial charge is 0.481 e. The summed E-state index contributed by atoms with van der Waals surface area (Å²) in [5, 5.41) is 116. The van der Waals surface area contributed by atoms with Crippen molar-refractivity contribution >= 4 is 11.9 Å². The van der Waals surface area contributed by atoms with Crippen LogP contribution < -0.4 is 0 Å². The molecule has 338 valence electrons. The van der Waals surface area contributed by atoms with E-state index in [-0.39, 0.29) is 57.3 Å². The zero-order chi connectivity index (χ0) is 42.5. The van der Waals surface area contributed by atoms with Crippen LogP contribution in [0.1, 0.15) is 70.6 Å². The van der Waals surface area contributed by atoms with E-state index in [1.54, 1.807) is 0 Å². The van der Waals surface area contributed by atoms with Crippen LogP contribution in [0.25, 0.3) is 0 Å². The average Bonchev–Trinajstić information content (AvgIpc) is 3.19. The number of ether oxygens (including phenoxy) is 7.